The standard InChI is InChI=1S/C8H13N3O2/c1-11-4-6(3-10-11)8-12-5-7(2-9)13-8/h3-4,7-8H,2,5,9H2,1H3. The summed E-state index contributed by atoms with van der Waals surface area (Å²) in [5, 5.41) is 4.04. The Morgan fingerprint density at radius 3 is 3.15 bits per heavy atom. The first-order chi connectivity index (χ1) is 6.29. The molecule has 0 bridgehead atoms. The zero-order valence-corrected chi connectivity index (χ0v) is 7.51. The highest BCUT2D eigenvalue weighted by Crippen LogP contribution is 2.25. The average molecular weight is 183 g/mol. The molecule has 1 saturated heterocycles. The monoisotopic (exact) mass is 183 g/mol. The van der Waals surface area contributed by atoms with Gasteiger partial charge in [-0.3, -0.25) is 4.68 Å². The van der Waals surface area contributed by atoms with Crippen LogP contribution >= 0.6 is 0 Å². The molecule has 72 valence electrons. The van der Waals surface area contributed by atoms with Crippen molar-refractivity contribution in [2.24, 2.45) is 12.8 Å². The van der Waals surface area contributed by atoms with Crippen molar-refractivity contribution in [1.29, 1.82) is 0 Å². The summed E-state index contributed by atoms with van der Waals surface area (Å²) >= 11 is 0. The number of aryl methyl sites for hydroxylation is 1. The van der Waals surface area contributed by atoms with Gasteiger partial charge in [0.2, 0.25) is 0 Å². The van der Waals surface area contributed by atoms with Crippen LogP contribution in [0.25, 0.3) is 0 Å². The zero-order chi connectivity index (χ0) is 9.26. The molecule has 2 N–H and O–H groups in total. The highest BCUT2D eigenvalue weighted by Gasteiger charge is 2.26. The van der Waals surface area contributed by atoms with Crippen LogP contribution in [0.3, 0.4) is 0 Å². The molecule has 1 aliphatic rings. The maximum absolute atomic E-state index is 5.51. The fraction of sp³-hybridized carbons (Fsp3) is 0.625. The molecule has 0 aromatic carbocycles. The maximum atomic E-state index is 5.51. The molecule has 0 radical (unpaired) electrons. The molecule has 1 aliphatic heterocycles. The van der Waals surface area contributed by atoms with Gasteiger partial charge >= 0.3 is 0 Å². The molecule has 2 heterocycles. The summed E-state index contributed by atoms with van der Waals surface area (Å²) in [6, 6.07) is 0. The minimum absolute atomic E-state index is 0.0187. The van der Waals surface area contributed by atoms with Crippen molar-refractivity contribution in [3.8, 4) is 0 Å². The van der Waals surface area contributed by atoms with Crippen LogP contribution in [0.15, 0.2) is 12.4 Å². The van der Waals surface area contributed by atoms with E-state index in [9.17, 15) is 0 Å². The first-order valence-electron chi connectivity index (χ1n) is 4.25. The Labute approximate surface area is 76.4 Å². The van der Waals surface area contributed by atoms with Crippen LogP contribution in [-0.4, -0.2) is 29.0 Å². The van der Waals surface area contributed by atoms with Crippen molar-refractivity contribution < 1.29 is 9.47 Å². The Balaban J connectivity index is 2.03. The quantitative estimate of drug-likeness (QED) is 0.689. The molecule has 5 heteroatoms. The lowest BCUT2D eigenvalue weighted by Crippen LogP contribution is -2.21. The Bertz CT molecular complexity index is 287. The largest absolute Gasteiger partial charge is 0.346 e. The van der Waals surface area contributed by atoms with E-state index in [1.54, 1.807) is 10.9 Å². The number of hydrogen-bond donors (Lipinski definition) is 1. The van der Waals surface area contributed by atoms with Gasteiger partial charge in [0.15, 0.2) is 6.29 Å². The summed E-state index contributed by atoms with van der Waals surface area (Å²) in [7, 11) is 1.86. The lowest BCUT2D eigenvalue weighted by molar-refractivity contribution is -0.0585. The molecule has 1 aromatic rings. The number of nitrogens with zero attached hydrogens (tertiary/aromatic N) is 2. The molecule has 5 nitrogen and oxygen atoms in total. The van der Waals surface area contributed by atoms with Crippen LogP contribution in [0, 0.1) is 0 Å². The normalized spacial score (nSPS) is 28.2. The van der Waals surface area contributed by atoms with Gasteiger partial charge in [-0.1, -0.05) is 0 Å². The van der Waals surface area contributed by atoms with Crippen LogP contribution in [0.1, 0.15) is 11.9 Å². The van der Waals surface area contributed by atoms with Gasteiger partial charge in [0, 0.05) is 25.4 Å². The van der Waals surface area contributed by atoms with E-state index in [1.807, 2.05) is 13.2 Å². The maximum Gasteiger partial charge on any atom is 0.187 e. The SMILES string of the molecule is Cn1cc(C2OCC(CN)O2)cn1. The van der Waals surface area contributed by atoms with Crippen molar-refractivity contribution in [1.82, 2.24) is 9.78 Å². The van der Waals surface area contributed by atoms with Crippen molar-refractivity contribution >= 4 is 0 Å². The first kappa shape index (κ1) is 8.68. The third-order valence-electron chi connectivity index (χ3n) is 2.01. The Kier molecular flexibility index (Phi) is 2.30. The summed E-state index contributed by atoms with van der Waals surface area (Å²) in [4.78, 5) is 0. The van der Waals surface area contributed by atoms with Crippen LogP contribution in [0.4, 0.5) is 0 Å². The molecule has 0 amide bonds. The smallest absolute Gasteiger partial charge is 0.187 e. The highest BCUT2D eigenvalue weighted by molar-refractivity contribution is 5.06. The molecular formula is C8H13N3O2. The van der Waals surface area contributed by atoms with E-state index in [2.05, 4.69) is 5.10 Å². The molecule has 2 atom stereocenters. The van der Waals surface area contributed by atoms with Crippen LogP contribution in [-0.2, 0) is 16.5 Å². The van der Waals surface area contributed by atoms with E-state index < -0.39 is 0 Å². The predicted molar refractivity (Wildman–Crippen MR) is 45.8 cm³/mol. The summed E-state index contributed by atoms with van der Waals surface area (Å²) in [6.45, 7) is 1.06. The van der Waals surface area contributed by atoms with Crippen molar-refractivity contribution in [2.75, 3.05) is 13.2 Å². The number of aromatic nitrogens is 2. The van der Waals surface area contributed by atoms with Gasteiger partial charge in [0.05, 0.1) is 18.9 Å². The van der Waals surface area contributed by atoms with Crippen LogP contribution < -0.4 is 5.73 Å². The molecule has 1 fully saturated rings. The van der Waals surface area contributed by atoms with Gasteiger partial charge in [-0.25, -0.2) is 0 Å². The van der Waals surface area contributed by atoms with E-state index in [4.69, 9.17) is 15.2 Å². The fourth-order valence-electron chi connectivity index (χ4n) is 1.31. The van der Waals surface area contributed by atoms with Crippen molar-refractivity contribution in [2.45, 2.75) is 12.4 Å². The average Bonchev–Trinajstić information content (AvgIpc) is 2.71. The van der Waals surface area contributed by atoms with Crippen molar-refractivity contribution in [3.63, 3.8) is 0 Å². The second kappa shape index (κ2) is 3.45. The van der Waals surface area contributed by atoms with E-state index in [1.165, 1.54) is 0 Å². The molecule has 0 saturated carbocycles. The minimum Gasteiger partial charge on any atom is -0.346 e. The van der Waals surface area contributed by atoms with E-state index in [0.717, 1.165) is 5.56 Å². The second-order valence-corrected chi connectivity index (χ2v) is 3.11. The molecular weight excluding hydrogens is 170 g/mol. The second-order valence-electron chi connectivity index (χ2n) is 3.11. The Morgan fingerprint density at radius 2 is 2.62 bits per heavy atom. The third-order valence-corrected chi connectivity index (χ3v) is 2.01. The van der Waals surface area contributed by atoms with Gasteiger partial charge in [-0.15, -0.1) is 0 Å². The van der Waals surface area contributed by atoms with E-state index >= 15 is 0 Å². The zero-order valence-electron chi connectivity index (χ0n) is 7.51. The molecule has 2 unspecified atom stereocenters. The van der Waals surface area contributed by atoms with Gasteiger partial charge in [-0.05, 0) is 0 Å². The summed E-state index contributed by atoms with van der Waals surface area (Å²) in [5.74, 6) is 0. The number of ether oxygens (including phenoxy) is 2. The van der Waals surface area contributed by atoms with Gasteiger partial charge in [0.25, 0.3) is 0 Å². The topological polar surface area (TPSA) is 62.3 Å². The van der Waals surface area contributed by atoms with Gasteiger partial charge in [-0.2, -0.15) is 5.10 Å². The van der Waals surface area contributed by atoms with Crippen molar-refractivity contribution in [3.05, 3.63) is 18.0 Å². The first-order valence-corrected chi connectivity index (χ1v) is 4.25. The molecule has 0 aliphatic carbocycles. The number of hydrogen-bond acceptors (Lipinski definition) is 4. The molecule has 2 rings (SSSR count). The van der Waals surface area contributed by atoms with Gasteiger partial charge < -0.3 is 15.2 Å². The molecule has 0 spiro atoms. The summed E-state index contributed by atoms with van der Waals surface area (Å²) in [6.07, 6.45) is 3.35. The number of rotatable bonds is 2. The summed E-state index contributed by atoms with van der Waals surface area (Å²) in [5.41, 5.74) is 6.40. The van der Waals surface area contributed by atoms with Crippen LogP contribution in [0.5, 0.6) is 0 Å². The highest BCUT2D eigenvalue weighted by atomic mass is 16.7. The third kappa shape index (κ3) is 1.72. The Hall–Kier alpha value is -0.910. The predicted octanol–water partition coefficient (Wildman–Crippen LogP) is -0.207. The van der Waals surface area contributed by atoms with Crippen LogP contribution in [0.2, 0.25) is 0 Å². The molecule has 1 aromatic heterocycles. The lowest BCUT2D eigenvalue weighted by atomic mass is 10.3. The van der Waals surface area contributed by atoms with Gasteiger partial charge in [0.1, 0.15) is 0 Å². The van der Waals surface area contributed by atoms with E-state index in [-0.39, 0.29) is 12.4 Å². The minimum atomic E-state index is -0.290. The summed E-state index contributed by atoms with van der Waals surface area (Å²) < 4.78 is 12.6. The molecule has 13 heavy (non-hydrogen) atoms. The Morgan fingerprint density at radius 1 is 1.77 bits per heavy atom. The van der Waals surface area contributed by atoms with E-state index in [0.29, 0.717) is 13.2 Å². The fourth-order valence-corrected chi connectivity index (χ4v) is 1.31. The number of nitrogens with two attached hydrogens (primary N) is 1. The lowest BCUT2D eigenvalue weighted by Gasteiger charge is -2.07.